The molecule has 0 aromatic carbocycles. The van der Waals surface area contributed by atoms with Crippen LogP contribution in [-0.2, 0) is 9.53 Å². The normalized spacial score (nSPS) is 14.5. The average molecular weight is 386 g/mol. The van der Waals surface area contributed by atoms with Crippen molar-refractivity contribution in [3.05, 3.63) is 16.9 Å². The minimum Gasteiger partial charge on any atom is -0.450 e. The summed E-state index contributed by atoms with van der Waals surface area (Å²) in [6, 6.07) is 0. The summed E-state index contributed by atoms with van der Waals surface area (Å²) in [5.74, 6) is 0.697. The third kappa shape index (κ3) is 5.34. The first-order valence-electron chi connectivity index (χ1n) is 7.51. The third-order valence-corrected chi connectivity index (χ3v) is 3.82. The number of halogens is 1. The van der Waals surface area contributed by atoms with E-state index in [0.717, 1.165) is 4.47 Å². The molecule has 9 heteroatoms. The highest BCUT2D eigenvalue weighted by molar-refractivity contribution is 9.10. The fraction of sp³-hybridized carbons (Fsp3) is 0.571. The predicted octanol–water partition coefficient (Wildman–Crippen LogP) is 1.02. The van der Waals surface area contributed by atoms with Crippen molar-refractivity contribution in [2.45, 2.75) is 13.3 Å². The summed E-state index contributed by atoms with van der Waals surface area (Å²) < 4.78 is 5.58. The number of aromatic nitrogens is 2. The molecule has 0 saturated carbocycles. The van der Waals surface area contributed by atoms with Gasteiger partial charge in [0.25, 0.3) is 0 Å². The van der Waals surface area contributed by atoms with E-state index < -0.39 is 6.09 Å². The zero-order valence-corrected chi connectivity index (χ0v) is 14.6. The number of nitrogens with one attached hydrogen (secondary N) is 1. The van der Waals surface area contributed by atoms with Gasteiger partial charge in [0.1, 0.15) is 0 Å². The van der Waals surface area contributed by atoms with Crippen LogP contribution < -0.4 is 10.2 Å². The number of hydrogen-bond acceptors (Lipinski definition) is 6. The van der Waals surface area contributed by atoms with Crippen molar-refractivity contribution in [3.63, 3.8) is 0 Å². The molecule has 2 heterocycles. The molecule has 0 bridgehead atoms. The van der Waals surface area contributed by atoms with Crippen molar-refractivity contribution < 1.29 is 14.3 Å². The van der Waals surface area contributed by atoms with Crippen LogP contribution in [0, 0.1) is 0 Å². The van der Waals surface area contributed by atoms with E-state index in [1.807, 2.05) is 4.90 Å². The van der Waals surface area contributed by atoms with Crippen molar-refractivity contribution in [1.82, 2.24) is 20.2 Å². The minimum atomic E-state index is -0.488. The van der Waals surface area contributed by atoms with Crippen LogP contribution in [0.5, 0.6) is 0 Å². The number of anilines is 1. The van der Waals surface area contributed by atoms with Gasteiger partial charge in [0.15, 0.2) is 0 Å². The van der Waals surface area contributed by atoms with Gasteiger partial charge < -0.3 is 19.9 Å². The fourth-order valence-corrected chi connectivity index (χ4v) is 2.44. The Morgan fingerprint density at radius 2 is 1.91 bits per heavy atom. The number of carbonyl (C=O) groups excluding carboxylic acids is 2. The molecule has 0 unspecified atom stereocenters. The Hall–Kier alpha value is -1.90. The lowest BCUT2D eigenvalue weighted by Gasteiger charge is -2.34. The van der Waals surface area contributed by atoms with Crippen molar-refractivity contribution in [3.8, 4) is 0 Å². The van der Waals surface area contributed by atoms with Crippen LogP contribution >= 0.6 is 15.9 Å². The molecular weight excluding hydrogens is 366 g/mol. The first-order valence-corrected chi connectivity index (χ1v) is 8.30. The number of amides is 2. The molecule has 1 saturated heterocycles. The number of piperazine rings is 1. The highest BCUT2D eigenvalue weighted by atomic mass is 79.9. The van der Waals surface area contributed by atoms with E-state index in [1.54, 1.807) is 24.2 Å². The zero-order valence-electron chi connectivity index (χ0n) is 13.0. The van der Waals surface area contributed by atoms with Crippen LogP contribution in [0.1, 0.15) is 13.3 Å². The molecule has 0 aliphatic carbocycles. The van der Waals surface area contributed by atoms with Gasteiger partial charge in [-0.2, -0.15) is 0 Å². The highest BCUT2D eigenvalue weighted by Crippen LogP contribution is 2.13. The Balaban J connectivity index is 1.72. The van der Waals surface area contributed by atoms with Crippen LogP contribution in [0.3, 0.4) is 0 Å². The first kappa shape index (κ1) is 17.5. The summed E-state index contributed by atoms with van der Waals surface area (Å²) >= 11 is 3.31. The predicted molar refractivity (Wildman–Crippen MR) is 88.2 cm³/mol. The molecule has 126 valence electrons. The van der Waals surface area contributed by atoms with Crippen molar-refractivity contribution in [1.29, 1.82) is 0 Å². The van der Waals surface area contributed by atoms with E-state index in [2.05, 4.69) is 31.2 Å². The fourth-order valence-electron chi connectivity index (χ4n) is 2.24. The summed E-state index contributed by atoms with van der Waals surface area (Å²) in [4.78, 5) is 35.6. The largest absolute Gasteiger partial charge is 0.450 e. The van der Waals surface area contributed by atoms with Gasteiger partial charge in [0.05, 0.1) is 11.1 Å². The van der Waals surface area contributed by atoms with E-state index in [0.29, 0.717) is 38.7 Å². The van der Waals surface area contributed by atoms with Crippen LogP contribution in [0.15, 0.2) is 16.9 Å². The molecule has 0 radical (unpaired) electrons. The quantitative estimate of drug-likeness (QED) is 0.813. The number of ether oxygens (including phenoxy) is 1. The van der Waals surface area contributed by atoms with Gasteiger partial charge in [-0.05, 0) is 22.9 Å². The molecule has 1 aromatic rings. The Morgan fingerprint density at radius 3 is 2.52 bits per heavy atom. The Labute approximate surface area is 143 Å². The van der Waals surface area contributed by atoms with Crippen LogP contribution in [0.25, 0.3) is 0 Å². The van der Waals surface area contributed by atoms with Crippen molar-refractivity contribution in [2.24, 2.45) is 0 Å². The smallest absolute Gasteiger partial charge is 0.407 e. The monoisotopic (exact) mass is 385 g/mol. The zero-order chi connectivity index (χ0) is 16.7. The first-order chi connectivity index (χ1) is 11.1. The Morgan fingerprint density at radius 1 is 1.26 bits per heavy atom. The number of alkyl carbamates (subject to hydrolysis) is 1. The molecule has 1 fully saturated rings. The summed E-state index contributed by atoms with van der Waals surface area (Å²) in [6.45, 7) is 4.97. The molecule has 1 aliphatic heterocycles. The molecule has 0 atom stereocenters. The number of carbonyl (C=O) groups is 2. The number of nitrogens with zero attached hydrogens (tertiary/aromatic N) is 4. The van der Waals surface area contributed by atoms with Crippen LogP contribution in [0.4, 0.5) is 10.7 Å². The average Bonchev–Trinajstić information content (AvgIpc) is 2.56. The van der Waals surface area contributed by atoms with Gasteiger partial charge in [-0.3, -0.25) is 4.79 Å². The molecule has 2 amide bonds. The molecule has 1 aromatic heterocycles. The van der Waals surface area contributed by atoms with Gasteiger partial charge in [0.2, 0.25) is 11.9 Å². The highest BCUT2D eigenvalue weighted by Gasteiger charge is 2.22. The summed E-state index contributed by atoms with van der Waals surface area (Å²) in [5, 5.41) is 2.55. The molecule has 23 heavy (non-hydrogen) atoms. The van der Waals surface area contributed by atoms with Gasteiger partial charge >= 0.3 is 6.09 Å². The van der Waals surface area contributed by atoms with Gasteiger partial charge in [0, 0.05) is 51.5 Å². The summed E-state index contributed by atoms with van der Waals surface area (Å²) in [7, 11) is 0. The summed E-state index contributed by atoms with van der Waals surface area (Å²) in [6.07, 6.45) is 3.20. The number of hydrogen-bond donors (Lipinski definition) is 1. The van der Waals surface area contributed by atoms with Gasteiger partial charge in [-0.1, -0.05) is 0 Å². The SMILES string of the molecule is CCOC(=O)NCCC(=O)N1CCN(c2ncc(Br)cn2)CC1. The van der Waals surface area contributed by atoms with Gasteiger partial charge in [-0.15, -0.1) is 0 Å². The number of rotatable bonds is 5. The summed E-state index contributed by atoms with van der Waals surface area (Å²) in [5.41, 5.74) is 0. The minimum absolute atomic E-state index is 0.0261. The lowest BCUT2D eigenvalue weighted by atomic mass is 10.3. The maximum atomic E-state index is 12.1. The lowest BCUT2D eigenvalue weighted by molar-refractivity contribution is -0.131. The van der Waals surface area contributed by atoms with E-state index in [-0.39, 0.29) is 18.9 Å². The topological polar surface area (TPSA) is 87.7 Å². The molecule has 2 rings (SSSR count). The third-order valence-electron chi connectivity index (χ3n) is 3.41. The Kier molecular flexibility index (Phi) is 6.57. The second-order valence-electron chi connectivity index (χ2n) is 4.97. The lowest BCUT2D eigenvalue weighted by Crippen LogP contribution is -2.49. The van der Waals surface area contributed by atoms with Crippen LogP contribution in [0.2, 0.25) is 0 Å². The van der Waals surface area contributed by atoms with E-state index in [4.69, 9.17) is 4.74 Å². The molecule has 0 spiro atoms. The van der Waals surface area contributed by atoms with Crippen LogP contribution in [-0.4, -0.2) is 66.2 Å². The maximum absolute atomic E-state index is 12.1. The molecule has 1 aliphatic rings. The second kappa shape index (κ2) is 8.66. The molecular formula is C14H20BrN5O3. The van der Waals surface area contributed by atoms with Crippen molar-refractivity contribution >= 4 is 33.9 Å². The van der Waals surface area contributed by atoms with Gasteiger partial charge in [-0.25, -0.2) is 14.8 Å². The molecule has 8 nitrogen and oxygen atoms in total. The van der Waals surface area contributed by atoms with E-state index in [1.165, 1.54) is 0 Å². The standard InChI is InChI=1S/C14H20BrN5O3/c1-2-23-14(22)16-4-3-12(21)19-5-7-20(8-6-19)13-17-9-11(15)10-18-13/h9-10H,2-8H2,1H3,(H,16,22). The molecule has 1 N–H and O–H groups in total. The van der Waals surface area contributed by atoms with E-state index >= 15 is 0 Å². The Bertz CT molecular complexity index is 532. The maximum Gasteiger partial charge on any atom is 0.407 e. The van der Waals surface area contributed by atoms with E-state index in [9.17, 15) is 9.59 Å². The van der Waals surface area contributed by atoms with Crippen molar-refractivity contribution in [2.75, 3.05) is 44.2 Å². The second-order valence-corrected chi connectivity index (χ2v) is 5.88.